The molecule has 0 atom stereocenters. The van der Waals surface area contributed by atoms with E-state index in [9.17, 15) is 22.8 Å². The molecular formula is C26H24ClF3N10O2. The van der Waals surface area contributed by atoms with Crippen LogP contribution in [0.25, 0.3) is 16.9 Å². The molecular weight excluding hydrogens is 577 g/mol. The highest BCUT2D eigenvalue weighted by Crippen LogP contribution is 2.37. The number of benzene rings is 1. The van der Waals surface area contributed by atoms with Gasteiger partial charge in [-0.25, -0.2) is 9.97 Å². The van der Waals surface area contributed by atoms with Crippen LogP contribution < -0.4 is 16.4 Å². The van der Waals surface area contributed by atoms with Gasteiger partial charge in [0.2, 0.25) is 5.91 Å². The number of rotatable bonds is 7. The SMILES string of the molecule is N#CCn1cc(-c2cnc3c(Nc4ccc(C(=O)NCC(=O)N5CCC(N)CC5)c(Cl)c4)nccn23)c(C(F)(F)F)n1. The Kier molecular flexibility index (Phi) is 8.01. The average Bonchev–Trinajstić information content (AvgIpc) is 3.57. The number of alkyl halides is 3. The largest absolute Gasteiger partial charge is 0.435 e. The number of imidazole rings is 1. The van der Waals surface area contributed by atoms with Gasteiger partial charge in [0.15, 0.2) is 17.2 Å². The molecule has 2 amide bonds. The van der Waals surface area contributed by atoms with Crippen molar-refractivity contribution in [1.82, 2.24) is 34.4 Å². The van der Waals surface area contributed by atoms with Gasteiger partial charge in [-0.1, -0.05) is 11.6 Å². The van der Waals surface area contributed by atoms with Crippen molar-refractivity contribution in [3.8, 4) is 17.3 Å². The van der Waals surface area contributed by atoms with E-state index in [1.807, 2.05) is 0 Å². The molecule has 5 rings (SSSR count). The Bertz CT molecular complexity index is 1690. The zero-order valence-corrected chi connectivity index (χ0v) is 22.7. The van der Waals surface area contributed by atoms with Crippen LogP contribution in [0.3, 0.4) is 0 Å². The average molecular weight is 601 g/mol. The summed E-state index contributed by atoms with van der Waals surface area (Å²) in [4.78, 5) is 35.3. The maximum atomic E-state index is 13.7. The number of hydrogen-bond acceptors (Lipinski definition) is 8. The number of carbonyl (C=O) groups is 2. The van der Waals surface area contributed by atoms with Gasteiger partial charge in [-0.15, -0.1) is 0 Å². The molecule has 1 fully saturated rings. The first kappa shape index (κ1) is 28.8. The predicted molar refractivity (Wildman–Crippen MR) is 146 cm³/mol. The van der Waals surface area contributed by atoms with Crippen molar-refractivity contribution < 1.29 is 22.8 Å². The summed E-state index contributed by atoms with van der Waals surface area (Å²) in [6.07, 6.45) is 1.89. The predicted octanol–water partition coefficient (Wildman–Crippen LogP) is 3.21. The van der Waals surface area contributed by atoms with E-state index >= 15 is 0 Å². The Morgan fingerprint density at radius 1 is 1.21 bits per heavy atom. The topological polar surface area (TPSA) is 159 Å². The highest BCUT2D eigenvalue weighted by molar-refractivity contribution is 6.34. The highest BCUT2D eigenvalue weighted by Gasteiger charge is 2.38. The van der Waals surface area contributed by atoms with Crippen molar-refractivity contribution in [2.24, 2.45) is 5.73 Å². The van der Waals surface area contributed by atoms with Gasteiger partial charge in [-0.3, -0.25) is 18.7 Å². The molecule has 1 aromatic carbocycles. The zero-order valence-electron chi connectivity index (χ0n) is 21.9. The molecule has 0 aliphatic carbocycles. The molecule has 1 saturated heterocycles. The lowest BCUT2D eigenvalue weighted by Gasteiger charge is -2.30. The molecule has 218 valence electrons. The maximum absolute atomic E-state index is 13.7. The summed E-state index contributed by atoms with van der Waals surface area (Å²) in [7, 11) is 0. The smallest absolute Gasteiger partial charge is 0.343 e. The Morgan fingerprint density at radius 2 is 1.98 bits per heavy atom. The molecule has 0 saturated carbocycles. The second-order valence-electron chi connectivity index (χ2n) is 9.58. The second kappa shape index (κ2) is 11.7. The minimum atomic E-state index is -4.76. The van der Waals surface area contributed by atoms with Crippen LogP contribution in [0.1, 0.15) is 28.9 Å². The van der Waals surface area contributed by atoms with Crippen LogP contribution in [0.5, 0.6) is 0 Å². The van der Waals surface area contributed by atoms with Crippen LogP contribution in [0.2, 0.25) is 5.02 Å². The monoisotopic (exact) mass is 600 g/mol. The summed E-state index contributed by atoms with van der Waals surface area (Å²) < 4.78 is 43.4. The van der Waals surface area contributed by atoms with Crippen LogP contribution in [0.4, 0.5) is 24.7 Å². The van der Waals surface area contributed by atoms with Crippen molar-refractivity contribution in [2.75, 3.05) is 25.0 Å². The highest BCUT2D eigenvalue weighted by atomic mass is 35.5. The first-order valence-corrected chi connectivity index (χ1v) is 13.1. The fourth-order valence-electron chi connectivity index (χ4n) is 4.60. The first-order valence-electron chi connectivity index (χ1n) is 12.8. The van der Waals surface area contributed by atoms with Crippen molar-refractivity contribution in [3.05, 3.63) is 59.3 Å². The second-order valence-corrected chi connectivity index (χ2v) is 9.99. The van der Waals surface area contributed by atoms with E-state index in [0.29, 0.717) is 31.6 Å². The summed E-state index contributed by atoms with van der Waals surface area (Å²) in [5.41, 5.74) is 5.37. The number of carbonyl (C=O) groups excluding carboxylic acids is 2. The lowest BCUT2D eigenvalue weighted by Crippen LogP contribution is -2.46. The number of anilines is 2. The molecule has 0 radical (unpaired) electrons. The number of hydrogen-bond donors (Lipinski definition) is 3. The van der Waals surface area contributed by atoms with E-state index < -0.39 is 17.8 Å². The standard InChI is InChI=1S/C26H24ClF3N10O2/c27-19-11-16(1-2-17(19)25(42)35-13-21(41)38-7-3-15(32)4-8-38)36-23-24-34-12-20(40(24)10-6-33-23)18-14-39(9-5-31)37-22(18)26(28,29)30/h1-2,6,10-12,14-15H,3-4,7-9,13,32H2,(H,33,36)(H,35,42). The van der Waals surface area contributed by atoms with Crippen LogP contribution >= 0.6 is 11.6 Å². The van der Waals surface area contributed by atoms with Crippen molar-refractivity contribution in [1.29, 1.82) is 5.26 Å². The van der Waals surface area contributed by atoms with Crippen molar-refractivity contribution in [3.63, 3.8) is 0 Å². The van der Waals surface area contributed by atoms with Gasteiger partial charge < -0.3 is 21.3 Å². The maximum Gasteiger partial charge on any atom is 0.435 e. The molecule has 0 bridgehead atoms. The third-order valence-corrected chi connectivity index (χ3v) is 7.05. The third kappa shape index (κ3) is 5.99. The molecule has 42 heavy (non-hydrogen) atoms. The quantitative estimate of drug-likeness (QED) is 0.292. The van der Waals surface area contributed by atoms with E-state index in [4.69, 9.17) is 22.6 Å². The van der Waals surface area contributed by atoms with Crippen LogP contribution in [0, 0.1) is 11.3 Å². The third-order valence-electron chi connectivity index (χ3n) is 6.74. The molecule has 1 aliphatic rings. The van der Waals surface area contributed by atoms with E-state index in [-0.39, 0.29) is 58.3 Å². The van der Waals surface area contributed by atoms with E-state index in [1.54, 1.807) is 17.0 Å². The summed E-state index contributed by atoms with van der Waals surface area (Å²) in [6.45, 7) is 0.561. The van der Waals surface area contributed by atoms with Gasteiger partial charge in [-0.05, 0) is 31.0 Å². The Hall–Kier alpha value is -4.68. The van der Waals surface area contributed by atoms with Gasteiger partial charge in [0.05, 0.1) is 40.7 Å². The Labute approximate surface area is 241 Å². The number of amides is 2. The fraction of sp³-hybridized carbons (Fsp3) is 0.308. The van der Waals surface area contributed by atoms with Crippen molar-refractivity contribution >= 4 is 40.6 Å². The van der Waals surface area contributed by atoms with E-state index in [2.05, 4.69) is 25.7 Å². The van der Waals surface area contributed by atoms with E-state index in [1.165, 1.54) is 35.1 Å². The minimum Gasteiger partial charge on any atom is -0.343 e. The number of nitrogens with one attached hydrogen (secondary N) is 2. The van der Waals surface area contributed by atoms with Gasteiger partial charge in [0, 0.05) is 43.4 Å². The van der Waals surface area contributed by atoms with Crippen LogP contribution in [-0.2, 0) is 17.5 Å². The number of nitrogens with zero attached hydrogens (tertiary/aromatic N) is 7. The molecule has 16 heteroatoms. The number of nitriles is 1. The molecule has 4 heterocycles. The zero-order chi connectivity index (χ0) is 30.0. The number of nitrogens with two attached hydrogens (primary N) is 1. The summed E-state index contributed by atoms with van der Waals surface area (Å²) in [6, 6.07) is 6.37. The molecule has 12 nitrogen and oxygen atoms in total. The van der Waals surface area contributed by atoms with Gasteiger partial charge in [0.1, 0.15) is 6.54 Å². The fourth-order valence-corrected chi connectivity index (χ4v) is 4.87. The Morgan fingerprint density at radius 3 is 2.67 bits per heavy atom. The summed E-state index contributed by atoms with van der Waals surface area (Å²) in [5, 5.41) is 18.1. The van der Waals surface area contributed by atoms with Crippen molar-refractivity contribution in [2.45, 2.75) is 31.6 Å². The minimum absolute atomic E-state index is 0.0785. The van der Waals surface area contributed by atoms with E-state index in [0.717, 1.165) is 10.9 Å². The number of likely N-dealkylation sites (tertiary alicyclic amines) is 1. The normalized spacial score (nSPS) is 14.1. The summed E-state index contributed by atoms with van der Waals surface area (Å²) in [5.74, 6) is -0.520. The molecule has 0 unspecified atom stereocenters. The molecule has 3 aromatic heterocycles. The number of aromatic nitrogens is 5. The first-order chi connectivity index (χ1) is 20.0. The van der Waals surface area contributed by atoms with Gasteiger partial charge >= 0.3 is 6.18 Å². The van der Waals surface area contributed by atoms with Gasteiger partial charge in [-0.2, -0.15) is 23.5 Å². The number of piperidine rings is 1. The molecule has 4 aromatic rings. The number of halogens is 4. The van der Waals surface area contributed by atoms with Crippen LogP contribution in [0.15, 0.2) is 43.0 Å². The molecule has 0 spiro atoms. The lowest BCUT2D eigenvalue weighted by molar-refractivity contribution is -0.141. The summed E-state index contributed by atoms with van der Waals surface area (Å²) >= 11 is 6.37. The number of fused-ring (bicyclic) bond motifs is 1. The van der Waals surface area contributed by atoms with Gasteiger partial charge in [0.25, 0.3) is 5.91 Å². The van der Waals surface area contributed by atoms with Crippen LogP contribution in [-0.4, -0.2) is 66.5 Å². The molecule has 1 aliphatic heterocycles. The Balaban J connectivity index is 1.32. The lowest BCUT2D eigenvalue weighted by atomic mass is 10.1. The molecule has 4 N–H and O–H groups in total.